The number of nitrogens with zero attached hydrogens (tertiary/aromatic N) is 4. The first-order valence-corrected chi connectivity index (χ1v) is 7.60. The fraction of sp³-hybridized carbons (Fsp3) is 0.462. The monoisotopic (exact) mass is 387 g/mol. The maximum atomic E-state index is 5.23. The number of methoxy groups -OCH3 is 1. The Kier molecular flexibility index (Phi) is 5.30. The molecule has 1 N–H and O–H groups in total. The average Bonchev–Trinajstić information content (AvgIpc) is 2.92. The van der Waals surface area contributed by atoms with Gasteiger partial charge in [-0.25, -0.2) is 9.97 Å². The molecular weight excluding hydrogens is 369 g/mol. The van der Waals surface area contributed by atoms with E-state index in [1.807, 2.05) is 24.6 Å². The van der Waals surface area contributed by atoms with Crippen molar-refractivity contribution in [2.24, 2.45) is 0 Å². The zero-order valence-electron chi connectivity index (χ0n) is 11.9. The summed E-state index contributed by atoms with van der Waals surface area (Å²) >= 11 is 2.25. The molecule has 108 valence electrons. The van der Waals surface area contributed by atoms with Gasteiger partial charge in [0, 0.05) is 26.4 Å². The summed E-state index contributed by atoms with van der Waals surface area (Å²) in [5.74, 6) is 1.52. The molecule has 7 heteroatoms. The highest BCUT2D eigenvalue weighted by atomic mass is 127. The Morgan fingerprint density at radius 2 is 2.15 bits per heavy atom. The normalized spacial score (nSPS) is 10.8. The number of hydrogen-bond donors (Lipinski definition) is 1. The highest BCUT2D eigenvalue weighted by Gasteiger charge is 2.15. The molecule has 0 amide bonds. The minimum absolute atomic E-state index is 0.465. The molecular formula is C13H18IN5O. The third-order valence-electron chi connectivity index (χ3n) is 2.79. The van der Waals surface area contributed by atoms with Gasteiger partial charge in [-0.15, -0.1) is 0 Å². The van der Waals surface area contributed by atoms with Crippen LogP contribution >= 0.6 is 22.6 Å². The van der Waals surface area contributed by atoms with Crippen LogP contribution in [0.2, 0.25) is 0 Å². The van der Waals surface area contributed by atoms with E-state index in [-0.39, 0.29) is 0 Å². The van der Waals surface area contributed by atoms with Crippen LogP contribution in [0, 0.1) is 3.57 Å². The van der Waals surface area contributed by atoms with Crippen molar-refractivity contribution < 1.29 is 4.74 Å². The van der Waals surface area contributed by atoms with Crippen molar-refractivity contribution in [3.05, 3.63) is 21.5 Å². The Balaban J connectivity index is 2.52. The summed E-state index contributed by atoms with van der Waals surface area (Å²) in [6, 6.07) is 1.93. The zero-order chi connectivity index (χ0) is 14.5. The van der Waals surface area contributed by atoms with Crippen LogP contribution in [0.25, 0.3) is 11.5 Å². The number of hydrogen-bond acceptors (Lipinski definition) is 5. The molecule has 0 fully saturated rings. The lowest BCUT2D eigenvalue weighted by molar-refractivity contribution is 0.181. The van der Waals surface area contributed by atoms with Gasteiger partial charge in [0.15, 0.2) is 5.82 Å². The lowest BCUT2D eigenvalue weighted by Crippen LogP contribution is -2.10. The summed E-state index contributed by atoms with van der Waals surface area (Å²) in [6.07, 6.45) is 1.77. The first-order valence-electron chi connectivity index (χ1n) is 6.52. The lowest BCUT2D eigenvalue weighted by atomic mass is 10.3. The molecule has 0 atom stereocenters. The van der Waals surface area contributed by atoms with E-state index in [0.717, 1.165) is 33.9 Å². The molecule has 0 saturated heterocycles. The number of aromatic nitrogens is 4. The molecule has 0 spiro atoms. The van der Waals surface area contributed by atoms with Gasteiger partial charge in [-0.1, -0.05) is 0 Å². The van der Waals surface area contributed by atoms with Crippen LogP contribution in [0.15, 0.2) is 12.3 Å². The Morgan fingerprint density at radius 1 is 1.35 bits per heavy atom. The molecule has 0 aliphatic heterocycles. The number of ether oxygens (including phenoxy) is 1. The van der Waals surface area contributed by atoms with Crippen molar-refractivity contribution in [2.45, 2.75) is 27.0 Å². The van der Waals surface area contributed by atoms with Crippen molar-refractivity contribution in [1.82, 2.24) is 19.7 Å². The molecule has 0 unspecified atom stereocenters. The number of anilines is 1. The third kappa shape index (κ3) is 3.09. The maximum absolute atomic E-state index is 5.23. The van der Waals surface area contributed by atoms with Crippen molar-refractivity contribution in [3.8, 4) is 11.5 Å². The van der Waals surface area contributed by atoms with E-state index in [1.165, 1.54) is 0 Å². The van der Waals surface area contributed by atoms with Gasteiger partial charge in [0.2, 0.25) is 0 Å². The van der Waals surface area contributed by atoms with Crippen molar-refractivity contribution in [2.75, 3.05) is 19.0 Å². The first-order chi connectivity index (χ1) is 9.71. The molecule has 0 aliphatic carbocycles. The van der Waals surface area contributed by atoms with Crippen molar-refractivity contribution >= 4 is 28.4 Å². The molecule has 2 aromatic rings. The van der Waals surface area contributed by atoms with Crippen LogP contribution in [0.4, 0.5) is 5.82 Å². The Hall–Kier alpha value is -1.22. The fourth-order valence-corrected chi connectivity index (χ4v) is 2.49. The first kappa shape index (κ1) is 15.2. The van der Waals surface area contributed by atoms with Gasteiger partial charge in [0.05, 0.1) is 15.9 Å². The van der Waals surface area contributed by atoms with Crippen LogP contribution < -0.4 is 5.32 Å². The standard InChI is InChI=1S/C13H18IN5O/c1-4-15-13-11(14)9(8-20-3)17-12(18-13)10-6-7-16-19(10)5-2/h6-7H,4-5,8H2,1-3H3,(H,15,17,18). The summed E-state index contributed by atoms with van der Waals surface area (Å²) in [4.78, 5) is 9.22. The van der Waals surface area contributed by atoms with E-state index in [2.05, 4.69) is 43.0 Å². The minimum atomic E-state index is 0.465. The molecule has 0 radical (unpaired) electrons. The highest BCUT2D eigenvalue weighted by Crippen LogP contribution is 2.24. The molecule has 2 heterocycles. The van der Waals surface area contributed by atoms with E-state index in [9.17, 15) is 0 Å². The maximum Gasteiger partial charge on any atom is 0.180 e. The predicted molar refractivity (Wildman–Crippen MR) is 86.5 cm³/mol. The Morgan fingerprint density at radius 3 is 2.80 bits per heavy atom. The van der Waals surface area contributed by atoms with Crippen LogP contribution in [-0.4, -0.2) is 33.4 Å². The van der Waals surface area contributed by atoms with Gasteiger partial charge in [-0.05, 0) is 42.5 Å². The number of aryl methyl sites for hydroxylation is 1. The molecule has 0 aromatic carbocycles. The quantitative estimate of drug-likeness (QED) is 0.772. The second-order valence-corrected chi connectivity index (χ2v) is 5.23. The number of halogens is 1. The SMILES string of the molecule is CCNc1nc(-c2ccnn2CC)nc(COC)c1I. The van der Waals surface area contributed by atoms with Gasteiger partial charge in [-0.3, -0.25) is 4.68 Å². The zero-order valence-corrected chi connectivity index (χ0v) is 14.0. The molecule has 2 aromatic heterocycles. The van der Waals surface area contributed by atoms with E-state index in [0.29, 0.717) is 12.4 Å². The van der Waals surface area contributed by atoms with E-state index in [4.69, 9.17) is 4.74 Å². The van der Waals surface area contributed by atoms with Crippen LogP contribution in [0.3, 0.4) is 0 Å². The summed E-state index contributed by atoms with van der Waals surface area (Å²) in [5.41, 5.74) is 1.80. The third-order valence-corrected chi connectivity index (χ3v) is 3.92. The van der Waals surface area contributed by atoms with Crippen LogP contribution in [0.1, 0.15) is 19.5 Å². The molecule has 6 nitrogen and oxygen atoms in total. The Labute approximate surface area is 132 Å². The molecule has 0 saturated carbocycles. The van der Waals surface area contributed by atoms with Gasteiger partial charge < -0.3 is 10.1 Å². The van der Waals surface area contributed by atoms with E-state index >= 15 is 0 Å². The largest absolute Gasteiger partial charge is 0.378 e. The summed E-state index contributed by atoms with van der Waals surface area (Å²) < 4.78 is 8.11. The smallest absolute Gasteiger partial charge is 0.180 e. The van der Waals surface area contributed by atoms with Crippen molar-refractivity contribution in [1.29, 1.82) is 0 Å². The predicted octanol–water partition coefficient (Wildman–Crippen LogP) is 2.54. The highest BCUT2D eigenvalue weighted by molar-refractivity contribution is 14.1. The lowest BCUT2D eigenvalue weighted by Gasteiger charge is -2.12. The van der Waals surface area contributed by atoms with Gasteiger partial charge in [-0.2, -0.15) is 5.10 Å². The topological polar surface area (TPSA) is 64.9 Å². The van der Waals surface area contributed by atoms with E-state index in [1.54, 1.807) is 13.3 Å². The second kappa shape index (κ2) is 6.98. The molecule has 0 aliphatic rings. The molecule has 2 rings (SSSR count). The van der Waals surface area contributed by atoms with Gasteiger partial charge in [0.1, 0.15) is 11.5 Å². The Bertz CT molecular complexity index is 557. The minimum Gasteiger partial charge on any atom is -0.378 e. The summed E-state index contributed by atoms with van der Waals surface area (Å²) in [7, 11) is 1.67. The molecule has 20 heavy (non-hydrogen) atoms. The fourth-order valence-electron chi connectivity index (χ4n) is 1.90. The van der Waals surface area contributed by atoms with Crippen LogP contribution in [-0.2, 0) is 17.9 Å². The summed E-state index contributed by atoms with van der Waals surface area (Å²) in [5, 5.41) is 7.54. The second-order valence-electron chi connectivity index (χ2n) is 4.15. The molecule has 0 bridgehead atoms. The van der Waals surface area contributed by atoms with E-state index < -0.39 is 0 Å². The number of nitrogens with one attached hydrogen (secondary N) is 1. The van der Waals surface area contributed by atoms with Crippen molar-refractivity contribution in [3.63, 3.8) is 0 Å². The van der Waals surface area contributed by atoms with Gasteiger partial charge >= 0.3 is 0 Å². The number of rotatable bonds is 6. The van der Waals surface area contributed by atoms with Gasteiger partial charge in [0.25, 0.3) is 0 Å². The summed E-state index contributed by atoms with van der Waals surface area (Å²) in [6.45, 7) is 6.15. The average molecular weight is 387 g/mol. The van der Waals surface area contributed by atoms with Crippen LogP contribution in [0.5, 0.6) is 0 Å².